The third-order valence-corrected chi connectivity index (χ3v) is 3.15. The van der Waals surface area contributed by atoms with Crippen molar-refractivity contribution >= 4 is 11.4 Å². The minimum Gasteiger partial charge on any atom is -0.399 e. The molecule has 2 aromatic carbocycles. The predicted molar refractivity (Wildman–Crippen MR) is 78.7 cm³/mol. The molecule has 0 spiro atoms. The van der Waals surface area contributed by atoms with Crippen LogP contribution in [-0.4, -0.2) is 6.54 Å². The van der Waals surface area contributed by atoms with Gasteiger partial charge in [-0.05, 0) is 36.8 Å². The van der Waals surface area contributed by atoms with Crippen LogP contribution in [0.5, 0.6) is 0 Å². The van der Waals surface area contributed by atoms with Gasteiger partial charge < -0.3 is 10.6 Å². The average molecular weight is 269 g/mol. The summed E-state index contributed by atoms with van der Waals surface area (Å²) >= 11 is 0. The molecule has 2 rings (SSSR count). The van der Waals surface area contributed by atoms with Crippen LogP contribution >= 0.6 is 0 Å². The first kappa shape index (κ1) is 13.9. The molecule has 0 fully saturated rings. The number of nitrogens with two attached hydrogens (primary N) is 1. The zero-order chi connectivity index (χ0) is 14.5. The number of nitriles is 1. The SMILES string of the molecule is CCN(Cc1cccc(N)c1)c1cccc(F)c1C#N. The summed E-state index contributed by atoms with van der Waals surface area (Å²) in [6, 6.07) is 14.2. The number of anilines is 2. The molecule has 0 aromatic heterocycles. The lowest BCUT2D eigenvalue weighted by Gasteiger charge is -2.24. The molecule has 102 valence electrons. The molecule has 0 bridgehead atoms. The van der Waals surface area contributed by atoms with Crippen molar-refractivity contribution in [3.63, 3.8) is 0 Å². The number of rotatable bonds is 4. The fraction of sp³-hybridized carbons (Fsp3) is 0.188. The van der Waals surface area contributed by atoms with Crippen molar-refractivity contribution in [3.05, 3.63) is 59.4 Å². The Balaban J connectivity index is 2.34. The highest BCUT2D eigenvalue weighted by Gasteiger charge is 2.13. The second-order valence-corrected chi connectivity index (χ2v) is 4.50. The summed E-state index contributed by atoms with van der Waals surface area (Å²) in [5.74, 6) is -0.490. The van der Waals surface area contributed by atoms with Gasteiger partial charge in [0.05, 0.1) is 5.69 Å². The van der Waals surface area contributed by atoms with E-state index in [1.807, 2.05) is 42.2 Å². The number of nitrogen functional groups attached to an aromatic ring is 1. The van der Waals surface area contributed by atoms with Crippen molar-refractivity contribution in [2.24, 2.45) is 0 Å². The molecule has 0 aliphatic carbocycles. The topological polar surface area (TPSA) is 53.0 Å². The molecule has 0 aliphatic heterocycles. The summed E-state index contributed by atoms with van der Waals surface area (Å²) in [4.78, 5) is 1.95. The van der Waals surface area contributed by atoms with E-state index in [9.17, 15) is 4.39 Å². The molecule has 2 aromatic rings. The average Bonchev–Trinajstić information content (AvgIpc) is 2.44. The smallest absolute Gasteiger partial charge is 0.143 e. The van der Waals surface area contributed by atoms with Gasteiger partial charge in [0.15, 0.2) is 0 Å². The van der Waals surface area contributed by atoms with Crippen LogP contribution in [-0.2, 0) is 6.54 Å². The summed E-state index contributed by atoms with van der Waals surface area (Å²) in [5, 5.41) is 9.12. The summed E-state index contributed by atoms with van der Waals surface area (Å²) in [6.45, 7) is 3.23. The standard InChI is InChI=1S/C16H16FN3/c1-2-20(11-12-5-3-6-13(19)9-12)16-8-4-7-15(17)14(16)10-18/h3-9H,2,11,19H2,1H3. The second-order valence-electron chi connectivity index (χ2n) is 4.50. The largest absolute Gasteiger partial charge is 0.399 e. The van der Waals surface area contributed by atoms with Gasteiger partial charge in [-0.1, -0.05) is 18.2 Å². The van der Waals surface area contributed by atoms with Crippen LogP contribution in [0, 0.1) is 17.1 Å². The maximum absolute atomic E-state index is 13.7. The van der Waals surface area contributed by atoms with Crippen LogP contribution in [0.15, 0.2) is 42.5 Å². The first-order valence-corrected chi connectivity index (χ1v) is 6.43. The van der Waals surface area contributed by atoms with E-state index in [4.69, 9.17) is 11.0 Å². The third kappa shape index (κ3) is 2.89. The van der Waals surface area contributed by atoms with Gasteiger partial charge >= 0.3 is 0 Å². The van der Waals surface area contributed by atoms with Crippen LogP contribution in [0.2, 0.25) is 0 Å². The van der Waals surface area contributed by atoms with E-state index in [0.717, 1.165) is 5.56 Å². The Morgan fingerprint density at radius 2 is 2.00 bits per heavy atom. The highest BCUT2D eigenvalue weighted by Crippen LogP contribution is 2.24. The summed E-state index contributed by atoms with van der Waals surface area (Å²) < 4.78 is 13.7. The monoisotopic (exact) mass is 269 g/mol. The quantitative estimate of drug-likeness (QED) is 0.866. The molecule has 0 unspecified atom stereocenters. The Hall–Kier alpha value is -2.54. The summed E-state index contributed by atoms with van der Waals surface area (Å²) in [5.41, 5.74) is 8.17. The van der Waals surface area contributed by atoms with E-state index < -0.39 is 5.82 Å². The number of hydrogen-bond donors (Lipinski definition) is 1. The Kier molecular flexibility index (Phi) is 4.21. The molecule has 0 saturated carbocycles. The van der Waals surface area contributed by atoms with Crippen LogP contribution in [0.4, 0.5) is 15.8 Å². The molecule has 0 radical (unpaired) electrons. The van der Waals surface area contributed by atoms with Gasteiger partial charge in [0.1, 0.15) is 17.4 Å². The number of hydrogen-bond acceptors (Lipinski definition) is 3. The molecular formula is C16H16FN3. The van der Waals surface area contributed by atoms with Crippen molar-refractivity contribution < 1.29 is 4.39 Å². The van der Waals surface area contributed by atoms with E-state index in [0.29, 0.717) is 24.5 Å². The van der Waals surface area contributed by atoms with Crippen LogP contribution in [0.25, 0.3) is 0 Å². The maximum atomic E-state index is 13.7. The van der Waals surface area contributed by atoms with E-state index in [1.165, 1.54) is 6.07 Å². The molecule has 0 aliphatic rings. The van der Waals surface area contributed by atoms with Crippen molar-refractivity contribution in [3.8, 4) is 6.07 Å². The lowest BCUT2D eigenvalue weighted by atomic mass is 10.1. The van der Waals surface area contributed by atoms with Gasteiger partial charge in [-0.25, -0.2) is 4.39 Å². The van der Waals surface area contributed by atoms with Crippen molar-refractivity contribution in [1.29, 1.82) is 5.26 Å². The molecule has 20 heavy (non-hydrogen) atoms. The van der Waals surface area contributed by atoms with Crippen molar-refractivity contribution in [2.75, 3.05) is 17.2 Å². The summed E-state index contributed by atoms with van der Waals surface area (Å²) in [7, 11) is 0. The van der Waals surface area contributed by atoms with E-state index >= 15 is 0 Å². The Bertz CT molecular complexity index is 646. The number of benzene rings is 2. The van der Waals surface area contributed by atoms with Gasteiger partial charge in [-0.15, -0.1) is 0 Å². The van der Waals surface area contributed by atoms with Gasteiger partial charge in [0, 0.05) is 18.8 Å². The van der Waals surface area contributed by atoms with Gasteiger partial charge in [-0.3, -0.25) is 0 Å². The molecule has 2 N–H and O–H groups in total. The fourth-order valence-electron chi connectivity index (χ4n) is 2.17. The minimum atomic E-state index is -0.490. The van der Waals surface area contributed by atoms with Crippen molar-refractivity contribution in [1.82, 2.24) is 0 Å². The van der Waals surface area contributed by atoms with Gasteiger partial charge in [-0.2, -0.15) is 5.26 Å². The first-order valence-electron chi connectivity index (χ1n) is 6.43. The number of nitrogens with zero attached hydrogens (tertiary/aromatic N) is 2. The molecule has 4 heteroatoms. The van der Waals surface area contributed by atoms with Crippen LogP contribution in [0.1, 0.15) is 18.1 Å². The highest BCUT2D eigenvalue weighted by atomic mass is 19.1. The third-order valence-electron chi connectivity index (χ3n) is 3.15. The Labute approximate surface area is 118 Å². The molecule has 3 nitrogen and oxygen atoms in total. The molecule has 0 heterocycles. The molecule has 0 saturated heterocycles. The molecule has 0 atom stereocenters. The first-order chi connectivity index (χ1) is 9.65. The van der Waals surface area contributed by atoms with Crippen LogP contribution < -0.4 is 10.6 Å². The molecule has 0 amide bonds. The Morgan fingerprint density at radius 3 is 2.65 bits per heavy atom. The van der Waals surface area contributed by atoms with E-state index in [-0.39, 0.29) is 5.56 Å². The van der Waals surface area contributed by atoms with E-state index in [2.05, 4.69) is 0 Å². The van der Waals surface area contributed by atoms with Crippen LogP contribution in [0.3, 0.4) is 0 Å². The second kappa shape index (κ2) is 6.07. The minimum absolute atomic E-state index is 0.0817. The lowest BCUT2D eigenvalue weighted by molar-refractivity contribution is 0.622. The number of halogens is 1. The summed E-state index contributed by atoms with van der Waals surface area (Å²) in [6.07, 6.45) is 0. The van der Waals surface area contributed by atoms with Gasteiger partial charge in [0.25, 0.3) is 0 Å². The van der Waals surface area contributed by atoms with Crippen molar-refractivity contribution in [2.45, 2.75) is 13.5 Å². The van der Waals surface area contributed by atoms with Gasteiger partial charge in [0.2, 0.25) is 0 Å². The zero-order valence-corrected chi connectivity index (χ0v) is 11.3. The van der Waals surface area contributed by atoms with E-state index in [1.54, 1.807) is 12.1 Å². The Morgan fingerprint density at radius 1 is 1.25 bits per heavy atom. The zero-order valence-electron chi connectivity index (χ0n) is 11.3. The predicted octanol–water partition coefficient (Wildman–Crippen LogP) is 3.31. The fourth-order valence-corrected chi connectivity index (χ4v) is 2.17. The highest BCUT2D eigenvalue weighted by molar-refractivity contribution is 5.60. The molecular weight excluding hydrogens is 253 g/mol. The lowest BCUT2D eigenvalue weighted by Crippen LogP contribution is -2.23. The normalized spacial score (nSPS) is 10.1. The maximum Gasteiger partial charge on any atom is 0.143 e.